The Morgan fingerprint density at radius 1 is 0.520 bits per heavy atom. The molecule has 1 unspecified atom stereocenters. The Bertz CT molecular complexity index is 915. The second kappa shape index (κ2) is 37.8. The van der Waals surface area contributed by atoms with E-state index in [0.717, 1.165) is 50.9 Å². The number of carbonyl (C=O) groups is 2. The first-order valence-electron chi connectivity index (χ1n) is 20.3. The summed E-state index contributed by atoms with van der Waals surface area (Å²) in [6.07, 6.45) is 44.6. The van der Waals surface area contributed by atoms with Gasteiger partial charge in [0, 0.05) is 12.8 Å². The van der Waals surface area contributed by atoms with Crippen LogP contribution in [0.1, 0.15) is 175 Å². The van der Waals surface area contributed by atoms with Crippen molar-refractivity contribution in [2.24, 2.45) is 5.92 Å². The van der Waals surface area contributed by atoms with Crippen molar-refractivity contribution >= 4 is 11.9 Å². The van der Waals surface area contributed by atoms with E-state index in [-0.39, 0.29) is 25.6 Å². The lowest BCUT2D eigenvalue weighted by molar-refractivity contribution is -0.152. The fourth-order valence-corrected chi connectivity index (χ4v) is 5.48. The van der Waals surface area contributed by atoms with Crippen molar-refractivity contribution < 1.29 is 29.3 Å². The van der Waals surface area contributed by atoms with Gasteiger partial charge in [-0.15, -0.1) is 0 Å². The molecule has 6 nitrogen and oxygen atoms in total. The summed E-state index contributed by atoms with van der Waals surface area (Å²) in [6, 6.07) is 0. The van der Waals surface area contributed by atoms with Crippen LogP contribution in [-0.2, 0) is 19.1 Å². The van der Waals surface area contributed by atoms with Gasteiger partial charge in [-0.1, -0.05) is 178 Å². The van der Waals surface area contributed by atoms with Gasteiger partial charge in [-0.3, -0.25) is 9.59 Å². The van der Waals surface area contributed by atoms with Gasteiger partial charge in [-0.25, -0.2) is 0 Å². The number of esters is 2. The summed E-state index contributed by atoms with van der Waals surface area (Å²) in [7, 11) is 0. The third kappa shape index (κ3) is 38.4. The van der Waals surface area contributed by atoms with Gasteiger partial charge in [0.25, 0.3) is 0 Å². The summed E-state index contributed by atoms with van der Waals surface area (Å²) in [6.45, 7) is 6.37. The Labute approximate surface area is 307 Å². The maximum atomic E-state index is 12.0. The standard InChI is InChI=1S/C44H76O6/c1-4-5-6-7-8-9-10-14-18-21-24-27-30-34-41(45)35-32-37-44(48)50-39-42(46)38-49-43(47)36-31-28-25-22-19-16-13-11-12-15-17-20-23-26-29-33-40(2)3/h5-6,8-9,14,18,24,27,30,34,40-42,45-46H,4,7,10-13,15-17,19-23,25-26,28-29,31-33,35-39H2,1-3H3/b6-5-,9-8-,18-14-,27-24-,34-30+/t41?,42-/m0/s1. The highest BCUT2D eigenvalue weighted by Crippen LogP contribution is 2.15. The van der Waals surface area contributed by atoms with Crippen molar-refractivity contribution in [1.82, 2.24) is 0 Å². The molecule has 0 aromatic carbocycles. The summed E-state index contributed by atoms with van der Waals surface area (Å²) < 4.78 is 10.2. The lowest BCUT2D eigenvalue weighted by Crippen LogP contribution is -2.25. The third-order valence-corrected chi connectivity index (χ3v) is 8.55. The minimum Gasteiger partial charge on any atom is -0.463 e. The van der Waals surface area contributed by atoms with E-state index in [9.17, 15) is 19.8 Å². The number of aliphatic hydroxyl groups is 2. The maximum Gasteiger partial charge on any atom is 0.305 e. The van der Waals surface area contributed by atoms with Crippen LogP contribution in [0.2, 0.25) is 0 Å². The first-order chi connectivity index (χ1) is 24.3. The minimum atomic E-state index is -1.04. The van der Waals surface area contributed by atoms with E-state index < -0.39 is 18.2 Å². The minimum absolute atomic E-state index is 0.153. The molecule has 288 valence electrons. The number of aliphatic hydroxyl groups excluding tert-OH is 2. The van der Waals surface area contributed by atoms with Gasteiger partial charge in [0.2, 0.25) is 0 Å². The van der Waals surface area contributed by atoms with E-state index in [0.29, 0.717) is 19.3 Å². The molecule has 0 rings (SSSR count). The predicted molar refractivity (Wildman–Crippen MR) is 211 cm³/mol. The van der Waals surface area contributed by atoms with Crippen molar-refractivity contribution in [2.45, 2.75) is 187 Å². The molecule has 0 aromatic rings. The number of hydrogen-bond donors (Lipinski definition) is 2. The highest BCUT2D eigenvalue weighted by Gasteiger charge is 2.12. The molecule has 0 aliphatic heterocycles. The molecule has 0 radical (unpaired) electrons. The second-order valence-electron chi connectivity index (χ2n) is 14.1. The Morgan fingerprint density at radius 2 is 0.940 bits per heavy atom. The molecule has 0 saturated heterocycles. The zero-order valence-electron chi connectivity index (χ0n) is 32.4. The topological polar surface area (TPSA) is 93.1 Å². The molecule has 50 heavy (non-hydrogen) atoms. The quantitative estimate of drug-likeness (QED) is 0.0296. The Balaban J connectivity index is 3.61. The van der Waals surface area contributed by atoms with Gasteiger partial charge in [-0.05, 0) is 50.9 Å². The van der Waals surface area contributed by atoms with Crippen LogP contribution in [0.25, 0.3) is 0 Å². The summed E-state index contributed by atoms with van der Waals surface area (Å²) >= 11 is 0. The third-order valence-electron chi connectivity index (χ3n) is 8.55. The summed E-state index contributed by atoms with van der Waals surface area (Å²) in [5, 5.41) is 20.1. The average molecular weight is 701 g/mol. The molecule has 0 heterocycles. The molecule has 2 atom stereocenters. The molecular formula is C44H76O6. The fraction of sp³-hybridized carbons (Fsp3) is 0.727. The van der Waals surface area contributed by atoms with Crippen LogP contribution in [0.3, 0.4) is 0 Å². The van der Waals surface area contributed by atoms with Crippen LogP contribution in [0.15, 0.2) is 60.8 Å². The molecule has 6 heteroatoms. The van der Waals surface area contributed by atoms with Crippen LogP contribution in [0.5, 0.6) is 0 Å². The van der Waals surface area contributed by atoms with Crippen LogP contribution >= 0.6 is 0 Å². The fourth-order valence-electron chi connectivity index (χ4n) is 5.48. The number of unbranched alkanes of at least 4 members (excludes halogenated alkanes) is 14. The van der Waals surface area contributed by atoms with E-state index in [1.807, 2.05) is 18.2 Å². The lowest BCUT2D eigenvalue weighted by Gasteiger charge is -2.12. The van der Waals surface area contributed by atoms with Crippen molar-refractivity contribution in [2.75, 3.05) is 13.2 Å². The maximum absolute atomic E-state index is 12.0. The van der Waals surface area contributed by atoms with E-state index in [1.54, 1.807) is 6.08 Å². The zero-order valence-corrected chi connectivity index (χ0v) is 32.4. The number of ether oxygens (including phenoxy) is 2. The molecule has 0 spiro atoms. The van der Waals surface area contributed by atoms with Crippen LogP contribution in [-0.4, -0.2) is 47.6 Å². The van der Waals surface area contributed by atoms with E-state index in [1.165, 1.54) is 83.5 Å². The second-order valence-corrected chi connectivity index (χ2v) is 14.1. The molecule has 0 aromatic heterocycles. The first-order valence-corrected chi connectivity index (χ1v) is 20.3. The van der Waals surface area contributed by atoms with E-state index >= 15 is 0 Å². The highest BCUT2D eigenvalue weighted by molar-refractivity contribution is 5.69. The van der Waals surface area contributed by atoms with Gasteiger partial charge in [0.15, 0.2) is 0 Å². The molecule has 0 aliphatic rings. The molecule has 0 amide bonds. The SMILES string of the molecule is CC/C=C\C/C=C\C/C=C\C/C=C\C=C\C(O)CCCC(=O)OC[C@@H](O)COC(=O)CCCCCCCCCCCCCCCCCC(C)C. The Hall–Kier alpha value is -2.44. The smallest absolute Gasteiger partial charge is 0.305 e. The molecule has 2 N–H and O–H groups in total. The molecule has 0 saturated carbocycles. The highest BCUT2D eigenvalue weighted by atomic mass is 16.6. The number of rotatable bonds is 35. The Morgan fingerprint density at radius 3 is 1.42 bits per heavy atom. The van der Waals surface area contributed by atoms with Gasteiger partial charge in [0.1, 0.15) is 19.3 Å². The summed E-state index contributed by atoms with van der Waals surface area (Å²) in [4.78, 5) is 24.0. The van der Waals surface area contributed by atoms with Crippen LogP contribution in [0.4, 0.5) is 0 Å². The molecule has 0 aliphatic carbocycles. The van der Waals surface area contributed by atoms with Crippen molar-refractivity contribution in [3.05, 3.63) is 60.8 Å². The molecule has 0 fully saturated rings. The van der Waals surface area contributed by atoms with Crippen LogP contribution < -0.4 is 0 Å². The van der Waals surface area contributed by atoms with E-state index in [2.05, 4.69) is 57.2 Å². The van der Waals surface area contributed by atoms with Crippen molar-refractivity contribution in [3.63, 3.8) is 0 Å². The molecular weight excluding hydrogens is 624 g/mol. The van der Waals surface area contributed by atoms with Crippen molar-refractivity contribution in [3.8, 4) is 0 Å². The lowest BCUT2D eigenvalue weighted by atomic mass is 10.0. The first kappa shape index (κ1) is 47.6. The summed E-state index contributed by atoms with van der Waals surface area (Å²) in [5.74, 6) is 0.0847. The number of carbonyl (C=O) groups excluding carboxylic acids is 2. The van der Waals surface area contributed by atoms with E-state index in [4.69, 9.17) is 9.47 Å². The monoisotopic (exact) mass is 701 g/mol. The Kier molecular flexibility index (Phi) is 36.0. The van der Waals surface area contributed by atoms with Crippen molar-refractivity contribution in [1.29, 1.82) is 0 Å². The normalized spacial score (nSPS) is 13.6. The molecule has 0 bridgehead atoms. The number of allylic oxidation sites excluding steroid dienone is 9. The number of hydrogen-bond acceptors (Lipinski definition) is 6. The van der Waals surface area contributed by atoms with Gasteiger partial charge in [0.05, 0.1) is 6.10 Å². The zero-order chi connectivity index (χ0) is 36.8. The van der Waals surface area contributed by atoms with Gasteiger partial charge in [-0.2, -0.15) is 0 Å². The summed E-state index contributed by atoms with van der Waals surface area (Å²) in [5.41, 5.74) is 0. The predicted octanol–water partition coefficient (Wildman–Crippen LogP) is 11.6. The average Bonchev–Trinajstić information content (AvgIpc) is 3.09. The van der Waals surface area contributed by atoms with Gasteiger partial charge < -0.3 is 19.7 Å². The largest absolute Gasteiger partial charge is 0.463 e. The van der Waals surface area contributed by atoms with Crippen LogP contribution in [0, 0.1) is 5.92 Å². The van der Waals surface area contributed by atoms with Gasteiger partial charge >= 0.3 is 11.9 Å².